The molecule has 1 rings (SSSR count). The summed E-state index contributed by atoms with van der Waals surface area (Å²) in [6, 6.07) is 0. The highest BCUT2D eigenvalue weighted by Gasteiger charge is 2.46. The zero-order valence-corrected chi connectivity index (χ0v) is 9.37. The molecule has 5 heteroatoms. The molecule has 0 aromatic rings. The van der Waals surface area contributed by atoms with Crippen molar-refractivity contribution in [1.29, 1.82) is 0 Å². The average Bonchev–Trinajstić information content (AvgIpc) is 2.56. The molecule has 0 amide bonds. The molecule has 16 heavy (non-hydrogen) atoms. The van der Waals surface area contributed by atoms with Gasteiger partial charge in [-0.2, -0.15) is 0 Å². The van der Waals surface area contributed by atoms with Crippen molar-refractivity contribution < 1.29 is 23.9 Å². The first-order valence-corrected chi connectivity index (χ1v) is 4.91. The normalized spacial score (nSPS) is 23.8. The fourth-order valence-electron chi connectivity index (χ4n) is 1.28. The summed E-state index contributed by atoms with van der Waals surface area (Å²) in [5, 5.41) is 0. The fraction of sp³-hybridized carbons (Fsp3) is 0.545. The molecule has 0 radical (unpaired) electrons. The number of hydrogen-bond donors (Lipinski definition) is 0. The van der Waals surface area contributed by atoms with Gasteiger partial charge >= 0.3 is 11.9 Å². The summed E-state index contributed by atoms with van der Waals surface area (Å²) in [4.78, 5) is 34.1. The standard InChI is InChI=1S/C11H14O5/c1-7(2)9(13)16-6-8(12)11(3)4-5-15-10(11)14/h1,4-6H2,2-3H3. The third-order valence-electron chi connectivity index (χ3n) is 2.58. The van der Waals surface area contributed by atoms with Gasteiger partial charge in [-0.15, -0.1) is 0 Å². The van der Waals surface area contributed by atoms with E-state index < -0.39 is 29.7 Å². The molecule has 0 aromatic heterocycles. The molecule has 1 fully saturated rings. The van der Waals surface area contributed by atoms with Crippen LogP contribution in [0.1, 0.15) is 20.3 Å². The van der Waals surface area contributed by atoms with Crippen LogP contribution >= 0.6 is 0 Å². The molecular weight excluding hydrogens is 212 g/mol. The van der Waals surface area contributed by atoms with E-state index in [1.165, 1.54) is 13.8 Å². The topological polar surface area (TPSA) is 69.7 Å². The molecule has 0 N–H and O–H groups in total. The second-order valence-corrected chi connectivity index (χ2v) is 4.00. The summed E-state index contributed by atoms with van der Waals surface area (Å²) in [6.07, 6.45) is 0.329. The van der Waals surface area contributed by atoms with E-state index in [0.717, 1.165) is 0 Å². The van der Waals surface area contributed by atoms with Gasteiger partial charge in [0.25, 0.3) is 0 Å². The van der Waals surface area contributed by atoms with Gasteiger partial charge in [0, 0.05) is 12.0 Å². The Morgan fingerprint density at radius 3 is 2.62 bits per heavy atom. The van der Waals surface area contributed by atoms with E-state index >= 15 is 0 Å². The molecule has 5 nitrogen and oxygen atoms in total. The van der Waals surface area contributed by atoms with Crippen LogP contribution in [0.5, 0.6) is 0 Å². The highest BCUT2D eigenvalue weighted by atomic mass is 16.5. The van der Waals surface area contributed by atoms with E-state index in [-0.39, 0.29) is 12.2 Å². The second kappa shape index (κ2) is 4.47. The van der Waals surface area contributed by atoms with Gasteiger partial charge in [0.05, 0.1) is 6.61 Å². The molecule has 1 aliphatic heterocycles. The maximum atomic E-state index is 11.7. The number of carbonyl (C=O) groups is 3. The van der Waals surface area contributed by atoms with Crippen LogP contribution < -0.4 is 0 Å². The Morgan fingerprint density at radius 2 is 2.19 bits per heavy atom. The minimum absolute atomic E-state index is 0.215. The summed E-state index contributed by atoms with van der Waals surface area (Å²) in [5.41, 5.74) is -0.957. The van der Waals surface area contributed by atoms with Gasteiger partial charge in [-0.05, 0) is 13.8 Å². The lowest BCUT2D eigenvalue weighted by atomic mass is 9.84. The molecule has 0 aliphatic carbocycles. The van der Waals surface area contributed by atoms with Gasteiger partial charge in [0.1, 0.15) is 5.41 Å². The number of ether oxygens (including phenoxy) is 2. The van der Waals surface area contributed by atoms with Crippen LogP contribution in [0.3, 0.4) is 0 Å². The van der Waals surface area contributed by atoms with Gasteiger partial charge < -0.3 is 9.47 Å². The van der Waals surface area contributed by atoms with E-state index in [0.29, 0.717) is 6.42 Å². The largest absolute Gasteiger partial charge is 0.465 e. The first-order valence-electron chi connectivity index (χ1n) is 4.91. The van der Waals surface area contributed by atoms with Crippen molar-refractivity contribution in [2.45, 2.75) is 20.3 Å². The van der Waals surface area contributed by atoms with Gasteiger partial charge in [-0.3, -0.25) is 9.59 Å². The summed E-state index contributed by atoms with van der Waals surface area (Å²) >= 11 is 0. The van der Waals surface area contributed by atoms with Crippen molar-refractivity contribution in [3.63, 3.8) is 0 Å². The molecule has 0 saturated carbocycles. The fourth-order valence-corrected chi connectivity index (χ4v) is 1.28. The van der Waals surface area contributed by atoms with Crippen molar-refractivity contribution in [1.82, 2.24) is 0 Å². The molecule has 1 heterocycles. The number of Topliss-reactive ketones (excluding diaryl/α,β-unsaturated/α-hetero) is 1. The first-order chi connectivity index (χ1) is 7.38. The SMILES string of the molecule is C=C(C)C(=O)OCC(=O)C1(C)CCOC1=O. The third kappa shape index (κ3) is 2.29. The van der Waals surface area contributed by atoms with Crippen LogP contribution in [0.4, 0.5) is 0 Å². The lowest BCUT2D eigenvalue weighted by Gasteiger charge is -2.16. The molecule has 1 saturated heterocycles. The van der Waals surface area contributed by atoms with E-state index in [9.17, 15) is 14.4 Å². The number of rotatable bonds is 4. The summed E-state index contributed by atoms with van der Waals surface area (Å²) in [7, 11) is 0. The molecular formula is C11H14O5. The summed E-state index contributed by atoms with van der Waals surface area (Å²) in [6.45, 7) is 6.18. The van der Waals surface area contributed by atoms with Crippen molar-refractivity contribution >= 4 is 17.7 Å². The maximum absolute atomic E-state index is 11.7. The zero-order valence-electron chi connectivity index (χ0n) is 9.37. The van der Waals surface area contributed by atoms with E-state index in [1.807, 2.05) is 0 Å². The number of carbonyl (C=O) groups excluding carboxylic acids is 3. The predicted octanol–water partition coefficient (Wildman–Crippen LogP) is 0.628. The van der Waals surface area contributed by atoms with E-state index in [2.05, 4.69) is 6.58 Å². The molecule has 0 aromatic carbocycles. The third-order valence-corrected chi connectivity index (χ3v) is 2.58. The van der Waals surface area contributed by atoms with Crippen molar-refractivity contribution in [3.05, 3.63) is 12.2 Å². The molecule has 0 bridgehead atoms. The minimum Gasteiger partial charge on any atom is -0.465 e. The Bertz CT molecular complexity index is 357. The van der Waals surface area contributed by atoms with Gasteiger partial charge in [0.2, 0.25) is 0 Å². The number of hydrogen-bond acceptors (Lipinski definition) is 5. The van der Waals surface area contributed by atoms with Crippen molar-refractivity contribution in [2.75, 3.05) is 13.2 Å². The van der Waals surface area contributed by atoms with Crippen LogP contribution in [0.15, 0.2) is 12.2 Å². The van der Waals surface area contributed by atoms with Gasteiger partial charge in [-0.25, -0.2) is 4.79 Å². The summed E-state index contributed by atoms with van der Waals surface area (Å²) in [5.74, 6) is -1.63. The first kappa shape index (κ1) is 12.4. The lowest BCUT2D eigenvalue weighted by Crippen LogP contribution is -2.36. The van der Waals surface area contributed by atoms with E-state index in [4.69, 9.17) is 9.47 Å². The van der Waals surface area contributed by atoms with Crippen molar-refractivity contribution in [3.8, 4) is 0 Å². The van der Waals surface area contributed by atoms with Crippen LogP contribution in [-0.2, 0) is 23.9 Å². The zero-order chi connectivity index (χ0) is 12.3. The van der Waals surface area contributed by atoms with Crippen LogP contribution in [0, 0.1) is 5.41 Å². The Hall–Kier alpha value is -1.65. The average molecular weight is 226 g/mol. The van der Waals surface area contributed by atoms with Crippen LogP contribution in [0.2, 0.25) is 0 Å². The molecule has 0 spiro atoms. The molecule has 1 atom stereocenters. The highest BCUT2D eigenvalue weighted by molar-refractivity contribution is 6.05. The Balaban J connectivity index is 2.56. The van der Waals surface area contributed by atoms with E-state index in [1.54, 1.807) is 0 Å². The molecule has 1 unspecified atom stereocenters. The number of esters is 2. The minimum atomic E-state index is -1.17. The quantitative estimate of drug-likeness (QED) is 0.399. The predicted molar refractivity (Wildman–Crippen MR) is 54.5 cm³/mol. The lowest BCUT2D eigenvalue weighted by molar-refractivity contribution is -0.155. The second-order valence-electron chi connectivity index (χ2n) is 4.00. The molecule has 88 valence electrons. The smallest absolute Gasteiger partial charge is 0.333 e. The number of ketones is 1. The summed E-state index contributed by atoms with van der Waals surface area (Å²) < 4.78 is 9.42. The van der Waals surface area contributed by atoms with Gasteiger partial charge in [-0.1, -0.05) is 6.58 Å². The Kier molecular flexibility index (Phi) is 3.47. The Labute approximate surface area is 93.4 Å². The molecule has 1 aliphatic rings. The Morgan fingerprint density at radius 1 is 1.56 bits per heavy atom. The van der Waals surface area contributed by atoms with Gasteiger partial charge in [0.15, 0.2) is 12.4 Å². The van der Waals surface area contributed by atoms with Crippen LogP contribution in [-0.4, -0.2) is 30.9 Å². The monoisotopic (exact) mass is 226 g/mol. The highest BCUT2D eigenvalue weighted by Crippen LogP contribution is 2.30. The maximum Gasteiger partial charge on any atom is 0.333 e. The van der Waals surface area contributed by atoms with Crippen molar-refractivity contribution in [2.24, 2.45) is 5.41 Å². The van der Waals surface area contributed by atoms with Crippen LogP contribution in [0.25, 0.3) is 0 Å². The number of cyclic esters (lactones) is 1.